The van der Waals surface area contributed by atoms with E-state index in [0.29, 0.717) is 5.76 Å². The Bertz CT molecular complexity index is 244. The molecule has 0 fully saturated rings. The van der Waals surface area contributed by atoms with E-state index in [4.69, 9.17) is 10.2 Å². The van der Waals surface area contributed by atoms with Crippen molar-refractivity contribution in [2.75, 3.05) is 0 Å². The summed E-state index contributed by atoms with van der Waals surface area (Å²) < 4.78 is 5.12. The van der Waals surface area contributed by atoms with Crippen LogP contribution in [-0.4, -0.2) is 11.1 Å². The fourth-order valence-corrected chi connectivity index (χ4v) is 1.04. The third-order valence-corrected chi connectivity index (χ3v) is 1.92. The van der Waals surface area contributed by atoms with Gasteiger partial charge in [0.1, 0.15) is 11.9 Å². The van der Waals surface area contributed by atoms with E-state index in [0.717, 1.165) is 12.0 Å². The lowest BCUT2D eigenvalue weighted by atomic mass is 10.1. The lowest BCUT2D eigenvalue weighted by Crippen LogP contribution is -2.26. The molecule has 0 bridgehead atoms. The van der Waals surface area contributed by atoms with Gasteiger partial charge in [0, 0.05) is 6.04 Å². The number of rotatable bonds is 3. The van der Waals surface area contributed by atoms with Crippen LogP contribution in [0.5, 0.6) is 0 Å². The molecule has 1 aromatic heterocycles. The molecule has 0 saturated carbocycles. The Hall–Kier alpha value is -0.800. The number of aryl methyl sites for hydroxylation is 1. The topological polar surface area (TPSA) is 59.4 Å². The molecule has 68 valence electrons. The van der Waals surface area contributed by atoms with Crippen molar-refractivity contribution >= 4 is 0 Å². The van der Waals surface area contributed by atoms with Gasteiger partial charge in [0.05, 0.1) is 6.26 Å². The summed E-state index contributed by atoms with van der Waals surface area (Å²) in [6.45, 7) is 3.85. The first-order chi connectivity index (χ1) is 5.65. The van der Waals surface area contributed by atoms with Crippen LogP contribution in [0.4, 0.5) is 0 Å². The molecule has 1 rings (SSSR count). The third-order valence-electron chi connectivity index (χ3n) is 1.92. The van der Waals surface area contributed by atoms with Gasteiger partial charge in [0.15, 0.2) is 0 Å². The molecule has 3 nitrogen and oxygen atoms in total. The van der Waals surface area contributed by atoms with Crippen molar-refractivity contribution in [3.8, 4) is 0 Å². The maximum absolute atomic E-state index is 9.58. The van der Waals surface area contributed by atoms with Gasteiger partial charge in [-0.05, 0) is 25.0 Å². The number of aliphatic hydroxyl groups excluding tert-OH is 1. The molecular formula is C9H15NO2. The number of hydrogen-bond donors (Lipinski definition) is 2. The Labute approximate surface area is 72.2 Å². The van der Waals surface area contributed by atoms with E-state index in [9.17, 15) is 5.11 Å². The maximum Gasteiger partial charge on any atom is 0.134 e. The largest absolute Gasteiger partial charge is 0.466 e. The normalized spacial score (nSPS) is 16.0. The molecule has 0 spiro atoms. The van der Waals surface area contributed by atoms with Gasteiger partial charge in [-0.2, -0.15) is 0 Å². The third kappa shape index (κ3) is 1.87. The lowest BCUT2D eigenvalue weighted by Gasteiger charge is -2.13. The Morgan fingerprint density at radius 2 is 2.33 bits per heavy atom. The van der Waals surface area contributed by atoms with Gasteiger partial charge in [-0.1, -0.05) is 6.92 Å². The van der Waals surface area contributed by atoms with Gasteiger partial charge >= 0.3 is 0 Å². The summed E-state index contributed by atoms with van der Waals surface area (Å²) in [6, 6.07) is 1.57. The standard InChI is InChI=1S/C9H15NO2/c1-3-7(10)9(11)8-4-6(2)5-12-8/h4-5,7,9,11H,3,10H2,1-2H3. The highest BCUT2D eigenvalue weighted by molar-refractivity contribution is 5.13. The van der Waals surface area contributed by atoms with Gasteiger partial charge in [-0.15, -0.1) is 0 Å². The Kier molecular flexibility index (Phi) is 2.89. The molecule has 0 saturated heterocycles. The minimum atomic E-state index is -0.677. The van der Waals surface area contributed by atoms with Crippen molar-refractivity contribution in [2.24, 2.45) is 5.73 Å². The molecule has 12 heavy (non-hydrogen) atoms. The molecule has 2 atom stereocenters. The molecule has 0 aliphatic heterocycles. The Balaban J connectivity index is 2.70. The van der Waals surface area contributed by atoms with Crippen LogP contribution in [0.1, 0.15) is 30.8 Å². The molecule has 0 aliphatic rings. The zero-order valence-electron chi connectivity index (χ0n) is 7.45. The molecule has 0 amide bonds. The predicted molar refractivity (Wildman–Crippen MR) is 46.7 cm³/mol. The van der Waals surface area contributed by atoms with Crippen LogP contribution >= 0.6 is 0 Å². The summed E-state index contributed by atoms with van der Waals surface area (Å²) in [5, 5.41) is 9.58. The van der Waals surface area contributed by atoms with Crippen molar-refractivity contribution in [2.45, 2.75) is 32.4 Å². The predicted octanol–water partition coefficient (Wildman–Crippen LogP) is 1.36. The van der Waals surface area contributed by atoms with E-state index in [1.54, 1.807) is 12.3 Å². The van der Waals surface area contributed by atoms with Gasteiger partial charge in [0.25, 0.3) is 0 Å². The fourth-order valence-electron chi connectivity index (χ4n) is 1.04. The second-order valence-electron chi connectivity index (χ2n) is 3.04. The SMILES string of the molecule is CCC(N)C(O)c1cc(C)co1. The summed E-state index contributed by atoms with van der Waals surface area (Å²) in [5.41, 5.74) is 6.65. The highest BCUT2D eigenvalue weighted by Gasteiger charge is 2.17. The molecule has 0 aliphatic carbocycles. The average molecular weight is 169 g/mol. The van der Waals surface area contributed by atoms with Crippen LogP contribution in [0.15, 0.2) is 16.7 Å². The number of hydrogen-bond acceptors (Lipinski definition) is 3. The van der Waals surface area contributed by atoms with E-state index in [-0.39, 0.29) is 6.04 Å². The molecule has 1 aromatic rings. The monoisotopic (exact) mass is 169 g/mol. The number of nitrogens with two attached hydrogens (primary N) is 1. The second-order valence-corrected chi connectivity index (χ2v) is 3.04. The minimum Gasteiger partial charge on any atom is -0.466 e. The smallest absolute Gasteiger partial charge is 0.134 e. The van der Waals surface area contributed by atoms with Crippen molar-refractivity contribution in [3.63, 3.8) is 0 Å². The van der Waals surface area contributed by atoms with Crippen molar-refractivity contribution in [3.05, 3.63) is 23.7 Å². The van der Waals surface area contributed by atoms with Crippen molar-refractivity contribution in [1.29, 1.82) is 0 Å². The number of furan rings is 1. The quantitative estimate of drug-likeness (QED) is 0.718. The summed E-state index contributed by atoms with van der Waals surface area (Å²) >= 11 is 0. The van der Waals surface area contributed by atoms with E-state index < -0.39 is 6.10 Å². The highest BCUT2D eigenvalue weighted by Crippen LogP contribution is 2.19. The van der Waals surface area contributed by atoms with Crippen LogP contribution in [0.25, 0.3) is 0 Å². The molecular weight excluding hydrogens is 154 g/mol. The van der Waals surface area contributed by atoms with Crippen LogP contribution in [0.3, 0.4) is 0 Å². The van der Waals surface area contributed by atoms with Gasteiger partial charge < -0.3 is 15.3 Å². The van der Waals surface area contributed by atoms with Crippen molar-refractivity contribution in [1.82, 2.24) is 0 Å². The average Bonchev–Trinajstić information content (AvgIpc) is 2.49. The van der Waals surface area contributed by atoms with Crippen LogP contribution in [0, 0.1) is 6.92 Å². The minimum absolute atomic E-state index is 0.240. The first-order valence-corrected chi connectivity index (χ1v) is 4.13. The zero-order chi connectivity index (χ0) is 9.14. The van der Waals surface area contributed by atoms with Crippen LogP contribution in [-0.2, 0) is 0 Å². The van der Waals surface area contributed by atoms with E-state index in [1.165, 1.54) is 0 Å². The maximum atomic E-state index is 9.58. The summed E-state index contributed by atoms with van der Waals surface area (Å²) in [6.07, 6.45) is 1.67. The molecule has 3 N–H and O–H groups in total. The second kappa shape index (κ2) is 3.74. The molecule has 2 unspecified atom stereocenters. The van der Waals surface area contributed by atoms with Crippen molar-refractivity contribution < 1.29 is 9.52 Å². The highest BCUT2D eigenvalue weighted by atomic mass is 16.4. The summed E-state index contributed by atoms with van der Waals surface area (Å²) in [7, 11) is 0. The molecule has 1 heterocycles. The summed E-state index contributed by atoms with van der Waals surface area (Å²) in [4.78, 5) is 0. The van der Waals surface area contributed by atoms with Gasteiger partial charge in [-0.25, -0.2) is 0 Å². The molecule has 0 radical (unpaired) electrons. The van der Waals surface area contributed by atoms with Gasteiger partial charge in [-0.3, -0.25) is 0 Å². The van der Waals surface area contributed by atoms with E-state index in [2.05, 4.69) is 0 Å². The Morgan fingerprint density at radius 3 is 2.75 bits per heavy atom. The van der Waals surface area contributed by atoms with Gasteiger partial charge in [0.2, 0.25) is 0 Å². The molecule has 3 heteroatoms. The summed E-state index contributed by atoms with van der Waals surface area (Å²) in [5.74, 6) is 0.557. The zero-order valence-corrected chi connectivity index (χ0v) is 7.45. The lowest BCUT2D eigenvalue weighted by molar-refractivity contribution is 0.119. The van der Waals surface area contributed by atoms with E-state index in [1.807, 2.05) is 13.8 Å². The Morgan fingerprint density at radius 1 is 1.67 bits per heavy atom. The fraction of sp³-hybridized carbons (Fsp3) is 0.556. The first kappa shape index (κ1) is 9.29. The first-order valence-electron chi connectivity index (χ1n) is 4.13. The van der Waals surface area contributed by atoms with Crippen LogP contribution < -0.4 is 5.73 Å². The van der Waals surface area contributed by atoms with Crippen LogP contribution in [0.2, 0.25) is 0 Å². The number of aliphatic hydroxyl groups is 1. The molecule has 0 aromatic carbocycles. The van der Waals surface area contributed by atoms with E-state index >= 15 is 0 Å².